The van der Waals surface area contributed by atoms with Crippen molar-refractivity contribution in [3.05, 3.63) is 89.7 Å². The lowest BCUT2D eigenvalue weighted by molar-refractivity contribution is -0.00588. The van der Waals surface area contributed by atoms with Crippen molar-refractivity contribution < 1.29 is 9.90 Å². The van der Waals surface area contributed by atoms with Crippen LogP contribution in [0.1, 0.15) is 27.4 Å². The van der Waals surface area contributed by atoms with Gasteiger partial charge in [-0.3, -0.25) is 9.78 Å². The van der Waals surface area contributed by atoms with Crippen LogP contribution in [-0.4, -0.2) is 39.6 Å². The highest BCUT2D eigenvalue weighted by molar-refractivity contribution is 5.95. The highest BCUT2D eigenvalue weighted by atomic mass is 16.3. The number of pyridine rings is 1. The van der Waals surface area contributed by atoms with E-state index < -0.39 is 12.1 Å². The molecule has 1 aliphatic heterocycles. The highest BCUT2D eigenvalue weighted by Gasteiger charge is 2.51. The minimum atomic E-state index is -0.621. The van der Waals surface area contributed by atoms with Gasteiger partial charge in [-0.2, -0.15) is 5.26 Å². The molecule has 2 aromatic carbocycles. The molecule has 0 bridgehead atoms. The van der Waals surface area contributed by atoms with Gasteiger partial charge in [0.2, 0.25) is 0 Å². The maximum Gasteiger partial charge on any atom is 0.256 e. The van der Waals surface area contributed by atoms with E-state index in [0.717, 1.165) is 16.7 Å². The molecule has 4 rings (SSSR count). The summed E-state index contributed by atoms with van der Waals surface area (Å²) in [6.07, 6.45) is 3.08. The first-order chi connectivity index (χ1) is 14.2. The van der Waals surface area contributed by atoms with Gasteiger partial charge >= 0.3 is 0 Å². The second-order valence-corrected chi connectivity index (χ2v) is 7.24. The van der Waals surface area contributed by atoms with Crippen molar-refractivity contribution >= 4 is 5.91 Å². The number of aliphatic hydroxyl groups is 1. The molecule has 0 saturated carbocycles. The van der Waals surface area contributed by atoms with Gasteiger partial charge in [-0.1, -0.05) is 48.5 Å². The topological polar surface area (TPSA) is 77.2 Å². The van der Waals surface area contributed by atoms with Crippen LogP contribution in [0.2, 0.25) is 0 Å². The lowest BCUT2D eigenvalue weighted by Crippen LogP contribution is -2.65. The number of hydrogen-bond donors (Lipinski definition) is 1. The minimum Gasteiger partial charge on any atom is -0.394 e. The van der Waals surface area contributed by atoms with Crippen molar-refractivity contribution in [1.29, 1.82) is 5.26 Å². The van der Waals surface area contributed by atoms with E-state index >= 15 is 0 Å². The van der Waals surface area contributed by atoms with Crippen molar-refractivity contribution in [2.75, 3.05) is 6.61 Å². The summed E-state index contributed by atoms with van der Waals surface area (Å²) in [5, 5.41) is 19.7. The molecular formula is C24H21N3O2. The number of amides is 1. The lowest BCUT2D eigenvalue weighted by atomic mass is 9.75. The van der Waals surface area contributed by atoms with Crippen LogP contribution in [0.5, 0.6) is 0 Å². The number of rotatable bonds is 4. The summed E-state index contributed by atoms with van der Waals surface area (Å²) in [5.74, 6) is -0.506. The molecule has 5 nitrogen and oxygen atoms in total. The third-order valence-corrected chi connectivity index (χ3v) is 5.63. The predicted octanol–water partition coefficient (Wildman–Crippen LogP) is 3.55. The van der Waals surface area contributed by atoms with E-state index in [9.17, 15) is 15.2 Å². The van der Waals surface area contributed by atoms with E-state index in [1.54, 1.807) is 18.3 Å². The Bertz CT molecular complexity index is 1060. The average Bonchev–Trinajstić information content (AvgIpc) is 2.75. The quantitative estimate of drug-likeness (QED) is 0.747. The molecule has 0 radical (unpaired) electrons. The van der Waals surface area contributed by atoms with Gasteiger partial charge in [0.15, 0.2) is 0 Å². The third-order valence-electron chi connectivity index (χ3n) is 5.63. The molecule has 29 heavy (non-hydrogen) atoms. The third kappa shape index (κ3) is 3.28. The summed E-state index contributed by atoms with van der Waals surface area (Å²) in [6.45, 7) is 1.87. The Labute approximate surface area is 169 Å². The maximum atomic E-state index is 12.8. The number of aryl methyl sites for hydroxylation is 1. The fourth-order valence-corrected chi connectivity index (χ4v) is 4.11. The predicted molar refractivity (Wildman–Crippen MR) is 110 cm³/mol. The van der Waals surface area contributed by atoms with Crippen molar-refractivity contribution in [3.8, 4) is 17.2 Å². The number of nitrogens with zero attached hydrogens (tertiary/aromatic N) is 3. The average molecular weight is 383 g/mol. The molecule has 1 aromatic heterocycles. The van der Waals surface area contributed by atoms with E-state index in [1.165, 1.54) is 16.7 Å². The molecule has 2 heterocycles. The molecule has 0 aliphatic carbocycles. The largest absolute Gasteiger partial charge is 0.394 e. The van der Waals surface area contributed by atoms with Crippen molar-refractivity contribution in [3.63, 3.8) is 0 Å². The fraction of sp³-hybridized carbons (Fsp3) is 0.208. The van der Waals surface area contributed by atoms with Crippen molar-refractivity contribution in [2.45, 2.75) is 24.9 Å². The zero-order chi connectivity index (χ0) is 20.4. The smallest absolute Gasteiger partial charge is 0.256 e. The van der Waals surface area contributed by atoms with E-state index in [4.69, 9.17) is 0 Å². The van der Waals surface area contributed by atoms with E-state index in [1.807, 2.05) is 36.4 Å². The first kappa shape index (κ1) is 18.9. The van der Waals surface area contributed by atoms with Crippen LogP contribution in [0.25, 0.3) is 11.1 Å². The van der Waals surface area contributed by atoms with Gasteiger partial charge in [0.1, 0.15) is 6.04 Å². The zero-order valence-electron chi connectivity index (χ0n) is 16.1. The van der Waals surface area contributed by atoms with Gasteiger partial charge in [-0.05, 0) is 41.3 Å². The van der Waals surface area contributed by atoms with Gasteiger partial charge in [-0.25, -0.2) is 0 Å². The molecule has 1 fully saturated rings. The number of carbonyl (C=O) groups is 1. The summed E-state index contributed by atoms with van der Waals surface area (Å²) in [7, 11) is 0. The second kappa shape index (κ2) is 7.86. The maximum absolute atomic E-state index is 12.8. The Balaban J connectivity index is 1.61. The normalized spacial score (nSPS) is 20.6. The van der Waals surface area contributed by atoms with Gasteiger partial charge in [-0.15, -0.1) is 0 Å². The van der Waals surface area contributed by atoms with Crippen LogP contribution in [0.4, 0.5) is 0 Å². The Morgan fingerprint density at radius 2 is 1.90 bits per heavy atom. The Morgan fingerprint density at radius 3 is 2.52 bits per heavy atom. The monoisotopic (exact) mass is 383 g/mol. The van der Waals surface area contributed by atoms with Gasteiger partial charge < -0.3 is 10.0 Å². The summed E-state index contributed by atoms with van der Waals surface area (Å²) in [4.78, 5) is 18.3. The standard InChI is InChI=1S/C24H21N3O2/c1-16-5-2-3-7-20(16)17-8-10-18(11-9-17)23-21(13-25)27(22(23)15-28)24(29)19-6-4-12-26-14-19/h2-12,14,21-23,28H,15H2,1H3/t21-,22-,23-/m1/s1. The van der Waals surface area contributed by atoms with Crippen LogP contribution in [0.3, 0.4) is 0 Å². The molecule has 1 aliphatic rings. The Morgan fingerprint density at radius 1 is 1.14 bits per heavy atom. The van der Waals surface area contributed by atoms with Crippen molar-refractivity contribution in [2.24, 2.45) is 0 Å². The van der Waals surface area contributed by atoms with E-state index in [-0.39, 0.29) is 18.4 Å². The summed E-state index contributed by atoms with van der Waals surface area (Å²) < 4.78 is 0. The van der Waals surface area contributed by atoms with Gasteiger partial charge in [0.05, 0.1) is 24.3 Å². The number of benzene rings is 2. The molecular weight excluding hydrogens is 362 g/mol. The van der Waals surface area contributed by atoms with E-state index in [2.05, 4.69) is 30.1 Å². The number of nitriles is 1. The Hall–Kier alpha value is -3.49. The van der Waals surface area contributed by atoms with Crippen LogP contribution < -0.4 is 0 Å². The van der Waals surface area contributed by atoms with Crippen molar-refractivity contribution in [1.82, 2.24) is 9.88 Å². The number of aromatic nitrogens is 1. The Kier molecular flexibility index (Phi) is 5.11. The van der Waals surface area contributed by atoms with Crippen LogP contribution in [0, 0.1) is 18.3 Å². The zero-order valence-corrected chi connectivity index (χ0v) is 16.1. The number of hydrogen-bond acceptors (Lipinski definition) is 4. The van der Waals surface area contributed by atoms with Gasteiger partial charge in [0.25, 0.3) is 5.91 Å². The highest BCUT2D eigenvalue weighted by Crippen LogP contribution is 2.41. The minimum absolute atomic E-state index is 0.200. The molecule has 0 unspecified atom stereocenters. The summed E-state index contributed by atoms with van der Waals surface area (Å²) in [6, 6.07) is 20.8. The molecule has 5 heteroatoms. The molecule has 144 valence electrons. The number of carbonyl (C=O) groups excluding carboxylic acids is 1. The summed E-state index contributed by atoms with van der Waals surface area (Å²) in [5.41, 5.74) is 4.82. The lowest BCUT2D eigenvalue weighted by Gasteiger charge is -2.51. The van der Waals surface area contributed by atoms with Gasteiger partial charge in [0, 0.05) is 18.3 Å². The number of likely N-dealkylation sites (tertiary alicyclic amines) is 1. The molecule has 1 amide bonds. The van der Waals surface area contributed by atoms with Crippen LogP contribution >= 0.6 is 0 Å². The fourth-order valence-electron chi connectivity index (χ4n) is 4.11. The summed E-state index contributed by atoms with van der Waals surface area (Å²) >= 11 is 0. The first-order valence-corrected chi connectivity index (χ1v) is 9.55. The van der Waals surface area contributed by atoms with Crippen LogP contribution in [-0.2, 0) is 0 Å². The molecule has 3 atom stereocenters. The first-order valence-electron chi connectivity index (χ1n) is 9.55. The molecule has 1 saturated heterocycles. The number of aliphatic hydroxyl groups excluding tert-OH is 1. The second-order valence-electron chi connectivity index (χ2n) is 7.24. The van der Waals surface area contributed by atoms with E-state index in [0.29, 0.717) is 5.56 Å². The molecule has 3 aromatic rings. The SMILES string of the molecule is Cc1ccccc1-c1ccc([C@@H]2[C@@H](C#N)N(C(=O)c3cccnc3)[C@@H]2CO)cc1. The molecule has 0 spiro atoms. The molecule has 1 N–H and O–H groups in total. The van der Waals surface area contributed by atoms with Crippen LogP contribution in [0.15, 0.2) is 73.1 Å².